The van der Waals surface area contributed by atoms with Crippen LogP contribution in [-0.4, -0.2) is 38.4 Å². The zero-order chi connectivity index (χ0) is 19.3. The first-order chi connectivity index (χ1) is 13.7. The Morgan fingerprint density at radius 3 is 2.68 bits per heavy atom. The second-order valence-electron chi connectivity index (χ2n) is 7.20. The monoisotopic (exact) mass is 375 g/mol. The molecule has 28 heavy (non-hydrogen) atoms. The second-order valence-corrected chi connectivity index (χ2v) is 7.20. The SMILES string of the molecule is Cn1c(C(=O)NCCc2ccncc2)nc2c1CCN(Cc1ccccc1)C2. The Hall–Kier alpha value is -2.99. The van der Waals surface area contributed by atoms with Crippen LogP contribution in [0, 0.1) is 0 Å². The predicted octanol–water partition coefficient (Wildman–Crippen LogP) is 2.35. The Labute approximate surface area is 165 Å². The highest BCUT2D eigenvalue weighted by molar-refractivity contribution is 5.91. The summed E-state index contributed by atoms with van der Waals surface area (Å²) in [5.74, 6) is 0.391. The molecule has 1 aliphatic rings. The largest absolute Gasteiger partial charge is 0.349 e. The van der Waals surface area contributed by atoms with Gasteiger partial charge >= 0.3 is 0 Å². The molecule has 0 bridgehead atoms. The number of carbonyl (C=O) groups excluding carboxylic acids is 1. The van der Waals surface area contributed by atoms with Crippen molar-refractivity contribution in [2.24, 2.45) is 7.05 Å². The van der Waals surface area contributed by atoms with Gasteiger partial charge in [0.15, 0.2) is 5.82 Å². The van der Waals surface area contributed by atoms with Crippen LogP contribution in [0.5, 0.6) is 0 Å². The summed E-state index contributed by atoms with van der Waals surface area (Å²) in [5.41, 5.74) is 4.65. The summed E-state index contributed by atoms with van der Waals surface area (Å²) >= 11 is 0. The Bertz CT molecular complexity index is 936. The van der Waals surface area contributed by atoms with E-state index < -0.39 is 0 Å². The lowest BCUT2D eigenvalue weighted by Gasteiger charge is -2.26. The normalized spacial score (nSPS) is 13.9. The Kier molecular flexibility index (Phi) is 5.48. The second kappa shape index (κ2) is 8.35. The van der Waals surface area contributed by atoms with Crippen molar-refractivity contribution in [3.05, 3.63) is 83.2 Å². The van der Waals surface area contributed by atoms with E-state index in [4.69, 9.17) is 0 Å². The van der Waals surface area contributed by atoms with E-state index >= 15 is 0 Å². The molecule has 0 atom stereocenters. The molecule has 0 fully saturated rings. The Morgan fingerprint density at radius 1 is 1.11 bits per heavy atom. The van der Waals surface area contributed by atoms with E-state index in [9.17, 15) is 4.79 Å². The van der Waals surface area contributed by atoms with Crippen LogP contribution in [0.15, 0.2) is 54.9 Å². The number of benzene rings is 1. The van der Waals surface area contributed by atoms with Crippen LogP contribution in [0.2, 0.25) is 0 Å². The van der Waals surface area contributed by atoms with E-state index in [0.717, 1.165) is 43.7 Å². The van der Waals surface area contributed by atoms with Crippen LogP contribution in [0.25, 0.3) is 0 Å². The van der Waals surface area contributed by atoms with Crippen LogP contribution in [0.4, 0.5) is 0 Å². The number of hydrogen-bond acceptors (Lipinski definition) is 4. The molecular weight excluding hydrogens is 350 g/mol. The number of amides is 1. The average molecular weight is 375 g/mol. The van der Waals surface area contributed by atoms with Gasteiger partial charge in [0.25, 0.3) is 5.91 Å². The molecule has 0 unspecified atom stereocenters. The van der Waals surface area contributed by atoms with E-state index in [1.165, 1.54) is 11.3 Å². The number of fused-ring (bicyclic) bond motifs is 1. The molecule has 0 saturated carbocycles. The van der Waals surface area contributed by atoms with E-state index in [-0.39, 0.29) is 5.91 Å². The molecule has 1 aliphatic heterocycles. The van der Waals surface area contributed by atoms with Gasteiger partial charge in [0.05, 0.1) is 5.69 Å². The molecule has 0 aliphatic carbocycles. The number of rotatable bonds is 6. The number of nitrogens with zero attached hydrogens (tertiary/aromatic N) is 4. The van der Waals surface area contributed by atoms with Crippen molar-refractivity contribution in [3.8, 4) is 0 Å². The summed E-state index contributed by atoms with van der Waals surface area (Å²) in [7, 11) is 1.94. The fraction of sp³-hybridized carbons (Fsp3) is 0.318. The zero-order valence-electron chi connectivity index (χ0n) is 16.1. The van der Waals surface area contributed by atoms with Crippen molar-refractivity contribution < 1.29 is 4.79 Å². The number of hydrogen-bond donors (Lipinski definition) is 1. The fourth-order valence-corrected chi connectivity index (χ4v) is 3.71. The topological polar surface area (TPSA) is 63.1 Å². The zero-order valence-corrected chi connectivity index (χ0v) is 16.1. The van der Waals surface area contributed by atoms with Gasteiger partial charge in [-0.2, -0.15) is 0 Å². The van der Waals surface area contributed by atoms with Gasteiger partial charge in [-0.3, -0.25) is 14.7 Å². The summed E-state index contributed by atoms with van der Waals surface area (Å²) in [6.45, 7) is 3.25. The van der Waals surface area contributed by atoms with Crippen molar-refractivity contribution >= 4 is 5.91 Å². The number of imidazole rings is 1. The van der Waals surface area contributed by atoms with Gasteiger partial charge in [0.2, 0.25) is 0 Å². The molecule has 0 spiro atoms. The van der Waals surface area contributed by atoms with Crippen LogP contribution < -0.4 is 5.32 Å². The summed E-state index contributed by atoms with van der Waals surface area (Å²) in [5, 5.41) is 2.99. The minimum Gasteiger partial charge on any atom is -0.349 e. The first kappa shape index (κ1) is 18.4. The summed E-state index contributed by atoms with van der Waals surface area (Å²) < 4.78 is 1.96. The van der Waals surface area contributed by atoms with Gasteiger partial charge in [0, 0.05) is 57.7 Å². The third-order valence-electron chi connectivity index (χ3n) is 5.24. The summed E-state index contributed by atoms with van der Waals surface area (Å²) in [6, 6.07) is 14.4. The van der Waals surface area contributed by atoms with Crippen molar-refractivity contribution in [1.82, 2.24) is 24.8 Å². The maximum atomic E-state index is 12.6. The molecular formula is C22H25N5O. The van der Waals surface area contributed by atoms with Crippen LogP contribution >= 0.6 is 0 Å². The first-order valence-corrected chi connectivity index (χ1v) is 9.68. The van der Waals surface area contributed by atoms with Gasteiger partial charge in [-0.15, -0.1) is 0 Å². The highest BCUT2D eigenvalue weighted by Gasteiger charge is 2.25. The van der Waals surface area contributed by atoms with Gasteiger partial charge in [-0.1, -0.05) is 30.3 Å². The van der Waals surface area contributed by atoms with E-state index in [1.807, 2.05) is 29.8 Å². The van der Waals surface area contributed by atoms with Gasteiger partial charge in [0.1, 0.15) is 0 Å². The quantitative estimate of drug-likeness (QED) is 0.718. The molecule has 1 N–H and O–H groups in total. The van der Waals surface area contributed by atoms with E-state index in [0.29, 0.717) is 12.4 Å². The highest BCUT2D eigenvalue weighted by Crippen LogP contribution is 2.21. The third-order valence-corrected chi connectivity index (χ3v) is 5.24. The molecule has 1 aromatic carbocycles. The van der Waals surface area contributed by atoms with Crippen molar-refractivity contribution in [2.45, 2.75) is 25.9 Å². The van der Waals surface area contributed by atoms with Gasteiger partial charge in [-0.25, -0.2) is 4.98 Å². The third kappa shape index (κ3) is 4.12. The molecule has 6 heteroatoms. The van der Waals surface area contributed by atoms with Crippen molar-refractivity contribution in [2.75, 3.05) is 13.1 Å². The number of aromatic nitrogens is 3. The molecule has 3 aromatic rings. The average Bonchev–Trinajstić information content (AvgIpc) is 3.05. The summed E-state index contributed by atoms with van der Waals surface area (Å²) in [6.07, 6.45) is 5.23. The molecule has 1 amide bonds. The lowest BCUT2D eigenvalue weighted by molar-refractivity contribution is 0.0940. The van der Waals surface area contributed by atoms with Gasteiger partial charge < -0.3 is 9.88 Å². The Balaban J connectivity index is 1.38. The minimum absolute atomic E-state index is 0.111. The van der Waals surface area contributed by atoms with E-state index in [1.54, 1.807) is 12.4 Å². The number of carbonyl (C=O) groups is 1. The number of nitrogens with one attached hydrogen (secondary N) is 1. The molecule has 0 saturated heterocycles. The predicted molar refractivity (Wildman–Crippen MR) is 108 cm³/mol. The lowest BCUT2D eigenvalue weighted by atomic mass is 10.1. The standard InChI is InChI=1S/C22H25N5O/c1-26-20-10-14-27(15-18-5-3-2-4-6-18)16-19(20)25-21(26)22(28)24-13-9-17-7-11-23-12-8-17/h2-8,11-12H,9-10,13-16H2,1H3,(H,24,28). The Morgan fingerprint density at radius 2 is 1.89 bits per heavy atom. The van der Waals surface area contributed by atoms with E-state index in [2.05, 4.69) is 44.5 Å². The summed E-state index contributed by atoms with van der Waals surface area (Å²) in [4.78, 5) is 23.7. The number of pyridine rings is 1. The fourth-order valence-electron chi connectivity index (χ4n) is 3.71. The maximum absolute atomic E-state index is 12.6. The highest BCUT2D eigenvalue weighted by atomic mass is 16.2. The molecule has 0 radical (unpaired) electrons. The van der Waals surface area contributed by atoms with Crippen LogP contribution in [-0.2, 0) is 33.0 Å². The molecule has 2 aromatic heterocycles. The van der Waals surface area contributed by atoms with Crippen LogP contribution in [0.1, 0.15) is 33.1 Å². The van der Waals surface area contributed by atoms with Gasteiger partial charge in [-0.05, 0) is 29.7 Å². The smallest absolute Gasteiger partial charge is 0.287 e. The molecule has 144 valence electrons. The van der Waals surface area contributed by atoms with Crippen molar-refractivity contribution in [1.29, 1.82) is 0 Å². The molecule has 6 nitrogen and oxygen atoms in total. The minimum atomic E-state index is -0.111. The molecule has 3 heterocycles. The molecule has 4 rings (SSSR count). The first-order valence-electron chi connectivity index (χ1n) is 9.68. The maximum Gasteiger partial charge on any atom is 0.287 e. The lowest BCUT2D eigenvalue weighted by Crippen LogP contribution is -2.30. The van der Waals surface area contributed by atoms with Crippen LogP contribution in [0.3, 0.4) is 0 Å². The van der Waals surface area contributed by atoms with Crippen molar-refractivity contribution in [3.63, 3.8) is 0 Å².